The van der Waals surface area contributed by atoms with Crippen LogP contribution in [0.25, 0.3) is 10.8 Å². The average molecular weight is 312 g/mol. The molecule has 0 fully saturated rings. The molecule has 0 aliphatic heterocycles. The van der Waals surface area contributed by atoms with Crippen molar-refractivity contribution < 1.29 is 4.79 Å². The van der Waals surface area contributed by atoms with Crippen molar-refractivity contribution in [3.63, 3.8) is 0 Å². The maximum atomic E-state index is 10.9. The molecule has 0 saturated carbocycles. The largest absolute Gasteiger partial charge is 0.330 e. The Bertz CT molecular complexity index is 741. The van der Waals surface area contributed by atoms with Crippen molar-refractivity contribution >= 4 is 27.6 Å². The predicted octanol–water partition coefficient (Wildman–Crippen LogP) is 4.41. The van der Waals surface area contributed by atoms with Crippen LogP contribution in [-0.4, -0.2) is 11.8 Å². The molecule has 0 saturated heterocycles. The molecule has 0 radical (unpaired) electrons. The van der Waals surface area contributed by atoms with Crippen molar-refractivity contribution in [2.24, 2.45) is 5.73 Å². The van der Waals surface area contributed by atoms with Gasteiger partial charge in [0, 0.05) is 5.56 Å². The Hall–Kier alpha value is -2.16. The standard InChI is InChI=1S/C11H7ClO.C8H11N/c12-11(13)10-6-5-8-3-1-2-4-9(8)7-10;9-7-6-8-4-2-1-3-5-8/h1-7H;1-5H,6-7,9H2. The van der Waals surface area contributed by atoms with E-state index in [1.165, 1.54) is 5.56 Å². The van der Waals surface area contributed by atoms with Gasteiger partial charge in [-0.15, -0.1) is 0 Å². The van der Waals surface area contributed by atoms with Crippen molar-refractivity contribution in [2.45, 2.75) is 6.42 Å². The molecule has 0 spiro atoms. The summed E-state index contributed by atoms with van der Waals surface area (Å²) in [7, 11) is 0. The van der Waals surface area contributed by atoms with Crippen LogP contribution in [0.2, 0.25) is 0 Å². The van der Waals surface area contributed by atoms with E-state index in [1.54, 1.807) is 12.1 Å². The molecule has 3 heteroatoms. The summed E-state index contributed by atoms with van der Waals surface area (Å²) < 4.78 is 0. The zero-order chi connectivity index (χ0) is 15.8. The zero-order valence-corrected chi connectivity index (χ0v) is 13.0. The number of benzene rings is 3. The summed E-state index contributed by atoms with van der Waals surface area (Å²) in [5.74, 6) is 0. The Morgan fingerprint density at radius 1 is 0.864 bits per heavy atom. The lowest BCUT2D eigenvalue weighted by Crippen LogP contribution is -2.01. The monoisotopic (exact) mass is 311 g/mol. The van der Waals surface area contributed by atoms with E-state index < -0.39 is 5.24 Å². The van der Waals surface area contributed by atoms with Gasteiger partial charge < -0.3 is 5.73 Å². The molecule has 112 valence electrons. The first-order valence-electron chi connectivity index (χ1n) is 7.13. The first-order valence-corrected chi connectivity index (χ1v) is 7.51. The fourth-order valence-corrected chi connectivity index (χ4v) is 2.24. The molecule has 0 amide bonds. The Morgan fingerprint density at radius 2 is 1.50 bits per heavy atom. The van der Waals surface area contributed by atoms with E-state index in [0.717, 1.165) is 23.7 Å². The number of carbonyl (C=O) groups is 1. The third-order valence-corrected chi connectivity index (χ3v) is 3.47. The van der Waals surface area contributed by atoms with Crippen LogP contribution in [0.1, 0.15) is 15.9 Å². The minimum absolute atomic E-state index is 0.411. The normalized spacial score (nSPS) is 9.91. The SMILES string of the molecule is NCCc1ccccc1.O=C(Cl)c1ccc2ccccc2c1. The van der Waals surface area contributed by atoms with Crippen LogP contribution in [0.3, 0.4) is 0 Å². The summed E-state index contributed by atoms with van der Waals surface area (Å²) in [5, 5.41) is 1.74. The van der Waals surface area contributed by atoms with Crippen molar-refractivity contribution in [1.29, 1.82) is 0 Å². The highest BCUT2D eigenvalue weighted by molar-refractivity contribution is 6.67. The maximum Gasteiger partial charge on any atom is 0.252 e. The highest BCUT2D eigenvalue weighted by Gasteiger charge is 2.01. The fourth-order valence-electron chi connectivity index (χ4n) is 2.12. The first-order chi connectivity index (χ1) is 10.7. The van der Waals surface area contributed by atoms with Gasteiger partial charge in [-0.2, -0.15) is 0 Å². The quantitative estimate of drug-likeness (QED) is 0.728. The van der Waals surface area contributed by atoms with Gasteiger partial charge in [0.25, 0.3) is 5.24 Å². The average Bonchev–Trinajstić information content (AvgIpc) is 2.56. The molecule has 0 unspecified atom stereocenters. The molecular weight excluding hydrogens is 294 g/mol. The van der Waals surface area contributed by atoms with E-state index in [1.807, 2.05) is 48.5 Å². The molecular formula is C19H18ClNO. The molecule has 0 aromatic heterocycles. The second-order valence-corrected chi connectivity index (χ2v) is 5.20. The highest BCUT2D eigenvalue weighted by atomic mass is 35.5. The lowest BCUT2D eigenvalue weighted by molar-refractivity contribution is 0.108. The number of hydrogen-bond donors (Lipinski definition) is 1. The molecule has 0 heterocycles. The smallest absolute Gasteiger partial charge is 0.252 e. The van der Waals surface area contributed by atoms with Gasteiger partial charge in [0.1, 0.15) is 0 Å². The molecule has 0 aliphatic rings. The molecule has 0 atom stereocenters. The Labute approximate surface area is 135 Å². The topological polar surface area (TPSA) is 43.1 Å². The van der Waals surface area contributed by atoms with Gasteiger partial charge in [-0.05, 0) is 53.0 Å². The summed E-state index contributed by atoms with van der Waals surface area (Å²) >= 11 is 5.36. The van der Waals surface area contributed by atoms with Crippen LogP contribution in [0, 0.1) is 0 Å². The van der Waals surface area contributed by atoms with E-state index in [-0.39, 0.29) is 0 Å². The molecule has 3 rings (SSSR count). The third-order valence-electron chi connectivity index (χ3n) is 3.25. The van der Waals surface area contributed by atoms with Gasteiger partial charge in [-0.25, -0.2) is 0 Å². The summed E-state index contributed by atoms with van der Waals surface area (Å²) in [5.41, 5.74) is 7.22. The van der Waals surface area contributed by atoms with Gasteiger partial charge in [0.2, 0.25) is 0 Å². The van der Waals surface area contributed by atoms with Gasteiger partial charge in [-0.3, -0.25) is 4.79 Å². The van der Waals surface area contributed by atoms with Gasteiger partial charge in [0.15, 0.2) is 0 Å². The molecule has 22 heavy (non-hydrogen) atoms. The van der Waals surface area contributed by atoms with Crippen LogP contribution in [-0.2, 0) is 6.42 Å². The van der Waals surface area contributed by atoms with E-state index >= 15 is 0 Å². The van der Waals surface area contributed by atoms with E-state index in [2.05, 4.69) is 12.1 Å². The summed E-state index contributed by atoms with van der Waals surface area (Å²) in [6.45, 7) is 0.740. The summed E-state index contributed by atoms with van der Waals surface area (Å²) in [6.07, 6.45) is 0.987. The number of rotatable bonds is 3. The van der Waals surface area contributed by atoms with E-state index in [0.29, 0.717) is 5.56 Å². The van der Waals surface area contributed by atoms with Crippen LogP contribution < -0.4 is 5.73 Å². The van der Waals surface area contributed by atoms with Gasteiger partial charge in [0.05, 0.1) is 0 Å². The van der Waals surface area contributed by atoms with Crippen LogP contribution in [0.4, 0.5) is 0 Å². The first kappa shape index (κ1) is 16.2. The van der Waals surface area contributed by atoms with Crippen LogP contribution >= 0.6 is 11.6 Å². The summed E-state index contributed by atoms with van der Waals surface area (Å²) in [6, 6.07) is 23.5. The van der Waals surface area contributed by atoms with E-state index in [4.69, 9.17) is 17.3 Å². The molecule has 0 aliphatic carbocycles. The van der Waals surface area contributed by atoms with Gasteiger partial charge in [-0.1, -0.05) is 60.7 Å². The number of fused-ring (bicyclic) bond motifs is 1. The Morgan fingerprint density at radius 3 is 2.14 bits per heavy atom. The van der Waals surface area contributed by atoms with Crippen LogP contribution in [0.15, 0.2) is 72.8 Å². The fraction of sp³-hybridized carbons (Fsp3) is 0.105. The minimum atomic E-state index is -0.411. The summed E-state index contributed by atoms with van der Waals surface area (Å²) in [4.78, 5) is 10.9. The number of halogens is 1. The van der Waals surface area contributed by atoms with Gasteiger partial charge >= 0.3 is 0 Å². The lowest BCUT2D eigenvalue weighted by atomic mass is 10.1. The lowest BCUT2D eigenvalue weighted by Gasteiger charge is -1.98. The minimum Gasteiger partial charge on any atom is -0.330 e. The molecule has 0 bridgehead atoms. The number of carbonyl (C=O) groups excluding carboxylic acids is 1. The zero-order valence-electron chi connectivity index (χ0n) is 12.2. The second-order valence-electron chi connectivity index (χ2n) is 4.86. The number of nitrogens with two attached hydrogens (primary N) is 1. The predicted molar refractivity (Wildman–Crippen MR) is 93.3 cm³/mol. The van der Waals surface area contributed by atoms with Crippen molar-refractivity contribution in [1.82, 2.24) is 0 Å². The van der Waals surface area contributed by atoms with Crippen molar-refractivity contribution in [3.05, 3.63) is 83.9 Å². The molecule has 3 aromatic carbocycles. The maximum absolute atomic E-state index is 10.9. The van der Waals surface area contributed by atoms with Crippen LogP contribution in [0.5, 0.6) is 0 Å². The highest BCUT2D eigenvalue weighted by Crippen LogP contribution is 2.16. The Kier molecular flexibility index (Phi) is 6.13. The third kappa shape index (κ3) is 4.69. The van der Waals surface area contributed by atoms with Crippen molar-refractivity contribution in [2.75, 3.05) is 6.54 Å². The molecule has 2 N–H and O–H groups in total. The Balaban J connectivity index is 0.000000172. The van der Waals surface area contributed by atoms with Crippen molar-refractivity contribution in [3.8, 4) is 0 Å². The molecule has 2 nitrogen and oxygen atoms in total. The van der Waals surface area contributed by atoms with E-state index in [9.17, 15) is 4.79 Å². The second kappa shape index (κ2) is 8.32. The number of hydrogen-bond acceptors (Lipinski definition) is 2. The molecule has 3 aromatic rings.